The lowest BCUT2D eigenvalue weighted by Crippen LogP contribution is -2.46. The molecular weight excluding hydrogens is 316 g/mol. The second kappa shape index (κ2) is 6.49. The molecular formula is C16H22N2O4S. The summed E-state index contributed by atoms with van der Waals surface area (Å²) in [6.45, 7) is 3.25. The quantitative estimate of drug-likeness (QED) is 0.877. The number of aryl methyl sites for hydroxylation is 1. The third-order valence-corrected chi connectivity index (χ3v) is 6.36. The van der Waals surface area contributed by atoms with Gasteiger partial charge in [-0.25, -0.2) is 8.42 Å². The maximum absolute atomic E-state index is 12.6. The van der Waals surface area contributed by atoms with Crippen LogP contribution in [0.4, 0.5) is 0 Å². The van der Waals surface area contributed by atoms with E-state index in [1.54, 1.807) is 6.92 Å². The van der Waals surface area contributed by atoms with Crippen molar-refractivity contribution in [2.75, 3.05) is 25.4 Å². The molecule has 2 aliphatic rings. The number of nitrogens with one attached hydrogen (secondary N) is 1. The first-order chi connectivity index (χ1) is 11.0. The minimum absolute atomic E-state index is 0.0181. The molecule has 3 rings (SSSR count). The first-order valence-electron chi connectivity index (χ1n) is 7.99. The third-order valence-electron chi connectivity index (χ3n) is 4.43. The van der Waals surface area contributed by atoms with Crippen molar-refractivity contribution in [3.63, 3.8) is 0 Å². The Kier molecular flexibility index (Phi) is 4.59. The van der Waals surface area contributed by atoms with E-state index < -0.39 is 16.1 Å². The first-order valence-corrected chi connectivity index (χ1v) is 9.60. The van der Waals surface area contributed by atoms with Gasteiger partial charge in [0.25, 0.3) is 0 Å². The molecule has 0 aliphatic carbocycles. The number of carbonyl (C=O) groups is 1. The van der Waals surface area contributed by atoms with Crippen LogP contribution in [0.2, 0.25) is 0 Å². The van der Waals surface area contributed by atoms with Gasteiger partial charge in [-0.15, -0.1) is 0 Å². The average molecular weight is 338 g/mol. The van der Waals surface area contributed by atoms with Crippen LogP contribution in [0.3, 0.4) is 0 Å². The highest BCUT2D eigenvalue weighted by Crippen LogP contribution is 2.26. The fraction of sp³-hybridized carbons (Fsp3) is 0.562. The molecule has 1 aromatic rings. The standard InChI is InChI=1S/C16H22N2O4S/c1-12-16(19)17-7-2-8-18(12)23(20,21)10-6-13-3-4-15-14(11-13)5-9-22-15/h3-4,11-12H,2,5-10H2,1H3,(H,17,19)/t12-/m0/s1. The highest BCUT2D eigenvalue weighted by Gasteiger charge is 2.32. The molecule has 1 amide bonds. The van der Waals surface area contributed by atoms with Crippen molar-refractivity contribution in [3.8, 4) is 5.75 Å². The number of amides is 1. The van der Waals surface area contributed by atoms with Crippen LogP contribution in [0.25, 0.3) is 0 Å². The smallest absolute Gasteiger partial charge is 0.238 e. The van der Waals surface area contributed by atoms with E-state index in [2.05, 4.69) is 5.32 Å². The maximum atomic E-state index is 12.6. The van der Waals surface area contributed by atoms with E-state index in [1.165, 1.54) is 4.31 Å². The molecule has 0 radical (unpaired) electrons. The molecule has 1 atom stereocenters. The van der Waals surface area contributed by atoms with Crippen LogP contribution in [-0.2, 0) is 27.7 Å². The van der Waals surface area contributed by atoms with Gasteiger partial charge in [0.05, 0.1) is 12.4 Å². The summed E-state index contributed by atoms with van der Waals surface area (Å²) in [6.07, 6.45) is 1.96. The summed E-state index contributed by atoms with van der Waals surface area (Å²) in [7, 11) is -3.46. The van der Waals surface area contributed by atoms with Gasteiger partial charge in [-0.1, -0.05) is 12.1 Å². The van der Waals surface area contributed by atoms with Gasteiger partial charge >= 0.3 is 0 Å². The van der Waals surface area contributed by atoms with Crippen molar-refractivity contribution in [1.29, 1.82) is 0 Å². The number of hydrogen-bond donors (Lipinski definition) is 1. The number of rotatable bonds is 4. The van der Waals surface area contributed by atoms with Gasteiger partial charge in [0, 0.05) is 19.5 Å². The Morgan fingerprint density at radius 3 is 3.04 bits per heavy atom. The largest absolute Gasteiger partial charge is 0.493 e. The number of fused-ring (bicyclic) bond motifs is 1. The summed E-state index contributed by atoms with van der Waals surface area (Å²) in [5, 5.41) is 2.74. The number of nitrogens with zero attached hydrogens (tertiary/aromatic N) is 1. The molecule has 0 bridgehead atoms. The van der Waals surface area contributed by atoms with E-state index in [0.717, 1.165) is 23.3 Å². The monoisotopic (exact) mass is 338 g/mol. The van der Waals surface area contributed by atoms with Gasteiger partial charge in [0.15, 0.2) is 0 Å². The molecule has 0 aromatic heterocycles. The minimum atomic E-state index is -3.46. The Bertz CT molecular complexity index is 702. The van der Waals surface area contributed by atoms with Gasteiger partial charge < -0.3 is 10.1 Å². The predicted octanol–water partition coefficient (Wildman–Crippen LogP) is 0.704. The highest BCUT2D eigenvalue weighted by atomic mass is 32.2. The van der Waals surface area contributed by atoms with Gasteiger partial charge in [-0.05, 0) is 37.0 Å². The first kappa shape index (κ1) is 16.3. The van der Waals surface area contributed by atoms with Crippen molar-refractivity contribution in [3.05, 3.63) is 29.3 Å². The predicted molar refractivity (Wildman–Crippen MR) is 86.9 cm³/mol. The zero-order valence-electron chi connectivity index (χ0n) is 13.2. The molecule has 6 nitrogen and oxygen atoms in total. The number of ether oxygens (including phenoxy) is 1. The number of sulfonamides is 1. The molecule has 23 heavy (non-hydrogen) atoms. The Balaban J connectivity index is 1.69. The Morgan fingerprint density at radius 1 is 1.39 bits per heavy atom. The number of hydrogen-bond acceptors (Lipinski definition) is 4. The van der Waals surface area contributed by atoms with E-state index in [0.29, 0.717) is 32.5 Å². The molecule has 0 spiro atoms. The molecule has 0 saturated carbocycles. The van der Waals surface area contributed by atoms with Crippen molar-refractivity contribution in [2.24, 2.45) is 0 Å². The molecule has 0 unspecified atom stereocenters. The van der Waals surface area contributed by atoms with E-state index in [1.807, 2.05) is 18.2 Å². The molecule has 2 heterocycles. The number of benzene rings is 1. The highest BCUT2D eigenvalue weighted by molar-refractivity contribution is 7.89. The average Bonchev–Trinajstić information content (AvgIpc) is 2.92. The van der Waals surface area contributed by atoms with Crippen LogP contribution < -0.4 is 10.1 Å². The van der Waals surface area contributed by atoms with Crippen LogP contribution in [0.1, 0.15) is 24.5 Å². The van der Waals surface area contributed by atoms with Crippen LogP contribution in [0.15, 0.2) is 18.2 Å². The van der Waals surface area contributed by atoms with Gasteiger partial charge in [-0.3, -0.25) is 4.79 Å². The summed E-state index contributed by atoms with van der Waals surface area (Å²) in [4.78, 5) is 11.8. The van der Waals surface area contributed by atoms with Gasteiger partial charge in [0.2, 0.25) is 15.9 Å². The fourth-order valence-corrected chi connectivity index (χ4v) is 4.77. The normalized spacial score (nSPS) is 22.1. The summed E-state index contributed by atoms with van der Waals surface area (Å²) in [6, 6.07) is 5.21. The molecule has 1 aromatic carbocycles. The fourth-order valence-electron chi connectivity index (χ4n) is 3.06. The summed E-state index contributed by atoms with van der Waals surface area (Å²) in [5.41, 5.74) is 2.13. The van der Waals surface area contributed by atoms with Crippen LogP contribution in [0.5, 0.6) is 5.75 Å². The van der Waals surface area contributed by atoms with Crippen LogP contribution in [0, 0.1) is 0 Å². The second-order valence-electron chi connectivity index (χ2n) is 6.04. The van der Waals surface area contributed by atoms with Gasteiger partial charge in [-0.2, -0.15) is 4.31 Å². The lowest BCUT2D eigenvalue weighted by Gasteiger charge is -2.24. The summed E-state index contributed by atoms with van der Waals surface area (Å²) < 4.78 is 32.0. The number of carbonyl (C=O) groups excluding carboxylic acids is 1. The zero-order chi connectivity index (χ0) is 16.4. The van der Waals surface area contributed by atoms with E-state index >= 15 is 0 Å². The van der Waals surface area contributed by atoms with Gasteiger partial charge in [0.1, 0.15) is 11.8 Å². The zero-order valence-corrected chi connectivity index (χ0v) is 14.1. The summed E-state index contributed by atoms with van der Waals surface area (Å²) in [5.74, 6) is 0.694. The van der Waals surface area contributed by atoms with Crippen LogP contribution >= 0.6 is 0 Å². The van der Waals surface area contributed by atoms with Crippen molar-refractivity contribution < 1.29 is 17.9 Å². The van der Waals surface area contributed by atoms with E-state index in [9.17, 15) is 13.2 Å². The molecule has 1 N–H and O–H groups in total. The molecule has 1 saturated heterocycles. The van der Waals surface area contributed by atoms with Crippen molar-refractivity contribution in [1.82, 2.24) is 9.62 Å². The maximum Gasteiger partial charge on any atom is 0.238 e. The van der Waals surface area contributed by atoms with Crippen molar-refractivity contribution in [2.45, 2.75) is 32.2 Å². The second-order valence-corrected chi connectivity index (χ2v) is 8.08. The Hall–Kier alpha value is -1.60. The van der Waals surface area contributed by atoms with Crippen molar-refractivity contribution >= 4 is 15.9 Å². The van der Waals surface area contributed by atoms with E-state index in [4.69, 9.17) is 4.74 Å². The van der Waals surface area contributed by atoms with E-state index in [-0.39, 0.29) is 11.7 Å². The Morgan fingerprint density at radius 2 is 2.22 bits per heavy atom. The molecule has 2 aliphatic heterocycles. The molecule has 7 heteroatoms. The lowest BCUT2D eigenvalue weighted by molar-refractivity contribution is -0.123. The Labute approximate surface area is 136 Å². The molecule has 126 valence electrons. The molecule has 1 fully saturated rings. The third kappa shape index (κ3) is 3.50. The minimum Gasteiger partial charge on any atom is -0.493 e. The van der Waals surface area contributed by atoms with Crippen LogP contribution in [-0.4, -0.2) is 50.1 Å². The summed E-state index contributed by atoms with van der Waals surface area (Å²) >= 11 is 0. The lowest BCUT2D eigenvalue weighted by atomic mass is 10.1. The SMILES string of the molecule is C[C@H]1C(=O)NCCCN1S(=O)(=O)CCc1ccc2c(c1)CCO2. The topological polar surface area (TPSA) is 75.7 Å².